The van der Waals surface area contributed by atoms with Gasteiger partial charge in [0.2, 0.25) is 5.91 Å². The Kier molecular flexibility index (Phi) is 6.51. The van der Waals surface area contributed by atoms with Gasteiger partial charge in [0.1, 0.15) is 5.75 Å². The van der Waals surface area contributed by atoms with Crippen molar-refractivity contribution in [2.75, 3.05) is 22.6 Å². The molecule has 1 atom stereocenters. The standard InChI is InChI=1S/C22H20F3N5O3S/c1-13(30-16-8-3-4-9-17(16)33-11-19(30)32)20-27-28-21(29(20)2)34-12-18(31)26-15-7-5-6-14(10-15)22(23,24)25/h3-10,13H,11-12H2,1-2H3,(H,26,31). The van der Waals surface area contributed by atoms with E-state index in [2.05, 4.69) is 15.5 Å². The lowest BCUT2D eigenvalue weighted by atomic mass is 10.1. The molecule has 178 valence electrons. The van der Waals surface area contributed by atoms with Crippen molar-refractivity contribution >= 4 is 35.0 Å². The Labute approximate surface area is 197 Å². The Morgan fingerprint density at radius 1 is 1.21 bits per heavy atom. The van der Waals surface area contributed by atoms with Crippen LogP contribution in [0, 0.1) is 0 Å². The molecular formula is C22H20F3N5O3S. The van der Waals surface area contributed by atoms with E-state index in [1.807, 2.05) is 19.1 Å². The van der Waals surface area contributed by atoms with Gasteiger partial charge in [-0.2, -0.15) is 13.2 Å². The normalized spacial score (nSPS) is 14.4. The van der Waals surface area contributed by atoms with Crippen molar-refractivity contribution < 1.29 is 27.5 Å². The predicted octanol–water partition coefficient (Wildman–Crippen LogP) is 4.05. The summed E-state index contributed by atoms with van der Waals surface area (Å²) in [4.78, 5) is 26.5. The Morgan fingerprint density at radius 3 is 2.74 bits per heavy atom. The van der Waals surface area contributed by atoms with E-state index in [9.17, 15) is 22.8 Å². The fraction of sp³-hybridized carbons (Fsp3) is 0.273. The van der Waals surface area contributed by atoms with Gasteiger partial charge >= 0.3 is 6.18 Å². The molecule has 1 aromatic heterocycles. The molecule has 0 saturated carbocycles. The van der Waals surface area contributed by atoms with Crippen LogP contribution in [0.5, 0.6) is 5.75 Å². The Hall–Kier alpha value is -3.54. The zero-order chi connectivity index (χ0) is 24.5. The lowest BCUT2D eigenvalue weighted by Gasteiger charge is -2.33. The fourth-order valence-corrected chi connectivity index (χ4v) is 4.30. The first-order valence-corrected chi connectivity index (χ1v) is 11.2. The van der Waals surface area contributed by atoms with Gasteiger partial charge in [-0.3, -0.25) is 14.5 Å². The zero-order valence-electron chi connectivity index (χ0n) is 18.2. The number of thioether (sulfide) groups is 1. The van der Waals surface area contributed by atoms with E-state index in [0.29, 0.717) is 22.4 Å². The highest BCUT2D eigenvalue weighted by Gasteiger charge is 2.33. The highest BCUT2D eigenvalue weighted by molar-refractivity contribution is 7.99. The number of hydrogen-bond donors (Lipinski definition) is 1. The number of amides is 2. The number of hydrogen-bond acceptors (Lipinski definition) is 6. The van der Waals surface area contributed by atoms with Crippen molar-refractivity contribution in [2.24, 2.45) is 7.05 Å². The molecule has 12 heteroatoms. The number of fused-ring (bicyclic) bond motifs is 1. The summed E-state index contributed by atoms with van der Waals surface area (Å²) in [5, 5.41) is 11.2. The molecule has 4 rings (SSSR count). The molecule has 0 aliphatic carbocycles. The van der Waals surface area contributed by atoms with Crippen LogP contribution in [0.25, 0.3) is 0 Å². The minimum Gasteiger partial charge on any atom is -0.482 e. The molecule has 8 nitrogen and oxygen atoms in total. The molecular weight excluding hydrogens is 471 g/mol. The maximum absolute atomic E-state index is 12.9. The van der Waals surface area contributed by atoms with Gasteiger partial charge in [0.05, 0.1) is 23.0 Å². The Bertz CT molecular complexity index is 1230. The minimum absolute atomic E-state index is 0.0530. The molecule has 0 fully saturated rings. The number of anilines is 2. The molecule has 0 spiro atoms. The number of nitrogens with one attached hydrogen (secondary N) is 1. The molecule has 1 unspecified atom stereocenters. The van der Waals surface area contributed by atoms with Crippen molar-refractivity contribution in [1.29, 1.82) is 0 Å². The third-order valence-electron chi connectivity index (χ3n) is 5.18. The van der Waals surface area contributed by atoms with E-state index in [-0.39, 0.29) is 24.0 Å². The summed E-state index contributed by atoms with van der Waals surface area (Å²) < 4.78 is 45.7. The van der Waals surface area contributed by atoms with E-state index in [1.54, 1.807) is 28.6 Å². The maximum Gasteiger partial charge on any atom is 0.416 e. The van der Waals surface area contributed by atoms with Crippen LogP contribution in [-0.4, -0.2) is 38.9 Å². The summed E-state index contributed by atoms with van der Waals surface area (Å²) >= 11 is 1.08. The van der Waals surface area contributed by atoms with Crippen molar-refractivity contribution in [3.05, 3.63) is 59.9 Å². The monoisotopic (exact) mass is 491 g/mol. The van der Waals surface area contributed by atoms with Gasteiger partial charge in [-0.25, -0.2) is 0 Å². The number of alkyl halides is 3. The topological polar surface area (TPSA) is 89.4 Å². The van der Waals surface area contributed by atoms with Gasteiger partial charge < -0.3 is 14.6 Å². The molecule has 0 radical (unpaired) electrons. The first kappa shape index (κ1) is 23.6. The molecule has 2 amide bonds. The second-order valence-electron chi connectivity index (χ2n) is 7.51. The third-order valence-corrected chi connectivity index (χ3v) is 6.20. The minimum atomic E-state index is -4.50. The summed E-state index contributed by atoms with van der Waals surface area (Å²) in [5.74, 6) is 0.307. The van der Waals surface area contributed by atoms with Gasteiger partial charge in [0.15, 0.2) is 17.6 Å². The molecule has 1 N–H and O–H groups in total. The van der Waals surface area contributed by atoms with Crippen LogP contribution in [-0.2, 0) is 22.8 Å². The predicted molar refractivity (Wildman–Crippen MR) is 120 cm³/mol. The summed E-state index contributed by atoms with van der Waals surface area (Å²) in [6.45, 7) is 1.73. The number of para-hydroxylation sites is 2. The molecule has 3 aromatic rings. The smallest absolute Gasteiger partial charge is 0.416 e. The van der Waals surface area contributed by atoms with E-state index in [4.69, 9.17) is 4.74 Å². The average Bonchev–Trinajstić information content (AvgIpc) is 3.17. The first-order valence-electron chi connectivity index (χ1n) is 10.2. The van der Waals surface area contributed by atoms with E-state index < -0.39 is 23.7 Å². The van der Waals surface area contributed by atoms with E-state index in [1.165, 1.54) is 12.1 Å². The summed E-state index contributed by atoms with van der Waals surface area (Å²) in [6.07, 6.45) is -4.50. The number of ether oxygens (including phenoxy) is 1. The van der Waals surface area contributed by atoms with Crippen LogP contribution >= 0.6 is 11.8 Å². The number of halogens is 3. The van der Waals surface area contributed by atoms with Crippen LogP contribution in [0.2, 0.25) is 0 Å². The van der Waals surface area contributed by atoms with Crippen LogP contribution in [0.3, 0.4) is 0 Å². The number of aromatic nitrogens is 3. The molecule has 0 bridgehead atoms. The molecule has 2 heterocycles. The van der Waals surface area contributed by atoms with E-state index >= 15 is 0 Å². The largest absolute Gasteiger partial charge is 0.482 e. The fourth-order valence-electron chi connectivity index (χ4n) is 3.58. The van der Waals surface area contributed by atoms with Crippen LogP contribution in [0.1, 0.15) is 24.4 Å². The number of benzene rings is 2. The van der Waals surface area contributed by atoms with Gasteiger partial charge in [-0.05, 0) is 37.3 Å². The van der Waals surface area contributed by atoms with Crippen LogP contribution in [0.4, 0.5) is 24.5 Å². The average molecular weight is 491 g/mol. The molecule has 2 aromatic carbocycles. The van der Waals surface area contributed by atoms with E-state index in [0.717, 1.165) is 23.9 Å². The van der Waals surface area contributed by atoms with Crippen molar-refractivity contribution in [2.45, 2.75) is 24.3 Å². The van der Waals surface area contributed by atoms with Crippen LogP contribution < -0.4 is 15.0 Å². The lowest BCUT2D eigenvalue weighted by molar-refractivity contribution is -0.137. The second kappa shape index (κ2) is 9.37. The Morgan fingerprint density at radius 2 is 1.97 bits per heavy atom. The first-order chi connectivity index (χ1) is 16.1. The molecule has 34 heavy (non-hydrogen) atoms. The SMILES string of the molecule is CC(c1nnc(SCC(=O)Nc2cccc(C(F)(F)F)c2)n1C)N1C(=O)COc2ccccc21. The number of carbonyl (C=O) groups excluding carboxylic acids is 2. The highest BCUT2D eigenvalue weighted by Crippen LogP contribution is 2.37. The highest BCUT2D eigenvalue weighted by atomic mass is 32.2. The summed E-state index contributed by atoms with van der Waals surface area (Å²) in [6, 6.07) is 11.2. The quantitative estimate of drug-likeness (QED) is 0.524. The molecule has 0 saturated heterocycles. The maximum atomic E-state index is 12.9. The van der Waals surface area contributed by atoms with Crippen LogP contribution in [0.15, 0.2) is 53.7 Å². The van der Waals surface area contributed by atoms with Gasteiger partial charge in [-0.1, -0.05) is 30.0 Å². The third kappa shape index (κ3) is 4.86. The molecule has 1 aliphatic heterocycles. The van der Waals surface area contributed by atoms with Crippen molar-refractivity contribution in [1.82, 2.24) is 14.8 Å². The summed E-state index contributed by atoms with van der Waals surface area (Å²) in [7, 11) is 1.72. The van der Waals surface area contributed by atoms with Gasteiger partial charge in [-0.15, -0.1) is 10.2 Å². The summed E-state index contributed by atoms with van der Waals surface area (Å²) in [5.41, 5.74) is -0.162. The second-order valence-corrected chi connectivity index (χ2v) is 8.45. The van der Waals surface area contributed by atoms with Crippen molar-refractivity contribution in [3.63, 3.8) is 0 Å². The Balaban J connectivity index is 1.43. The number of carbonyl (C=O) groups is 2. The van der Waals surface area contributed by atoms with Crippen molar-refractivity contribution in [3.8, 4) is 5.75 Å². The van der Waals surface area contributed by atoms with Gasteiger partial charge in [0.25, 0.3) is 5.91 Å². The number of nitrogens with zero attached hydrogens (tertiary/aromatic N) is 4. The van der Waals surface area contributed by atoms with Gasteiger partial charge in [0, 0.05) is 12.7 Å². The molecule has 1 aliphatic rings. The zero-order valence-corrected chi connectivity index (χ0v) is 19.0. The lowest BCUT2D eigenvalue weighted by Crippen LogP contribution is -2.41. The number of rotatable bonds is 6.